The van der Waals surface area contributed by atoms with E-state index < -0.39 is 12.0 Å². The van der Waals surface area contributed by atoms with E-state index in [1.807, 2.05) is 6.07 Å². The highest BCUT2D eigenvalue weighted by Crippen LogP contribution is 2.32. The second kappa shape index (κ2) is 6.76. The van der Waals surface area contributed by atoms with Gasteiger partial charge in [0, 0.05) is 15.5 Å². The number of amides is 2. The van der Waals surface area contributed by atoms with Gasteiger partial charge in [-0.25, -0.2) is 9.59 Å². The first-order valence-corrected chi connectivity index (χ1v) is 7.83. The number of hydrogen-bond donors (Lipinski definition) is 2. The van der Waals surface area contributed by atoms with E-state index in [9.17, 15) is 9.59 Å². The first-order chi connectivity index (χ1) is 10.1. The number of ether oxygens (including phenoxy) is 1. The molecule has 2 amide bonds. The third kappa shape index (κ3) is 3.44. The van der Waals surface area contributed by atoms with Crippen molar-refractivity contribution in [3.05, 3.63) is 33.2 Å². The second-order valence-electron chi connectivity index (χ2n) is 4.97. The number of carbonyl (C=O) groups excluding carboxylic acids is 2. The molecule has 2 heterocycles. The number of methoxy groups -OCH3 is 1. The lowest BCUT2D eigenvalue weighted by Gasteiger charge is -2.26. The van der Waals surface area contributed by atoms with E-state index in [1.54, 1.807) is 18.3 Å². The van der Waals surface area contributed by atoms with Gasteiger partial charge in [-0.1, -0.05) is 13.3 Å². The normalized spacial score (nSPS) is 18.2. The molecule has 6 heteroatoms. The maximum Gasteiger partial charge on any atom is 0.338 e. The number of urea groups is 1. The van der Waals surface area contributed by atoms with Crippen LogP contribution in [0.2, 0.25) is 0 Å². The number of carbonyl (C=O) groups is 2. The van der Waals surface area contributed by atoms with E-state index in [2.05, 4.69) is 23.6 Å². The van der Waals surface area contributed by atoms with Crippen molar-refractivity contribution in [2.75, 3.05) is 7.11 Å². The van der Waals surface area contributed by atoms with Crippen LogP contribution in [0.15, 0.2) is 23.4 Å². The number of esters is 1. The van der Waals surface area contributed by atoms with Gasteiger partial charge in [0.1, 0.15) is 0 Å². The molecule has 5 nitrogen and oxygen atoms in total. The predicted octanol–water partition coefficient (Wildman–Crippen LogP) is 2.89. The molecule has 1 aliphatic heterocycles. The maximum atomic E-state index is 12.0. The lowest BCUT2D eigenvalue weighted by molar-refractivity contribution is -0.136. The van der Waals surface area contributed by atoms with E-state index >= 15 is 0 Å². The van der Waals surface area contributed by atoms with Crippen molar-refractivity contribution < 1.29 is 14.3 Å². The van der Waals surface area contributed by atoms with Gasteiger partial charge in [0.05, 0.1) is 18.7 Å². The molecular formula is C15H20N2O3S. The lowest BCUT2D eigenvalue weighted by atomic mass is 10.0. The summed E-state index contributed by atoms with van der Waals surface area (Å²) in [6.45, 7) is 3.87. The van der Waals surface area contributed by atoms with Crippen molar-refractivity contribution in [2.24, 2.45) is 0 Å². The molecule has 1 atom stereocenters. The van der Waals surface area contributed by atoms with Gasteiger partial charge in [0.15, 0.2) is 0 Å². The number of aryl methyl sites for hydroxylation is 1. The van der Waals surface area contributed by atoms with Gasteiger partial charge < -0.3 is 15.4 Å². The van der Waals surface area contributed by atoms with Gasteiger partial charge in [-0.15, -0.1) is 11.3 Å². The molecule has 21 heavy (non-hydrogen) atoms. The van der Waals surface area contributed by atoms with Crippen LogP contribution in [-0.4, -0.2) is 19.1 Å². The molecule has 0 radical (unpaired) electrons. The topological polar surface area (TPSA) is 67.4 Å². The Balaban J connectivity index is 2.30. The van der Waals surface area contributed by atoms with Gasteiger partial charge >= 0.3 is 12.0 Å². The highest BCUT2D eigenvalue weighted by molar-refractivity contribution is 7.12. The summed E-state index contributed by atoms with van der Waals surface area (Å²) in [4.78, 5) is 25.9. The molecule has 0 saturated carbocycles. The third-order valence-electron chi connectivity index (χ3n) is 3.42. The molecule has 0 bridgehead atoms. The first kappa shape index (κ1) is 15.6. The van der Waals surface area contributed by atoms with Crippen LogP contribution in [0.5, 0.6) is 0 Å². The summed E-state index contributed by atoms with van der Waals surface area (Å²) >= 11 is 1.63. The molecule has 1 aromatic heterocycles. The molecule has 2 N–H and O–H groups in total. The van der Waals surface area contributed by atoms with E-state index in [-0.39, 0.29) is 6.03 Å². The zero-order chi connectivity index (χ0) is 15.4. The summed E-state index contributed by atoms with van der Waals surface area (Å²) in [7, 11) is 1.34. The number of rotatable bonds is 5. The van der Waals surface area contributed by atoms with Crippen LogP contribution in [0.1, 0.15) is 42.5 Å². The Morgan fingerprint density at radius 3 is 2.86 bits per heavy atom. The quantitative estimate of drug-likeness (QED) is 0.822. The van der Waals surface area contributed by atoms with Gasteiger partial charge in [-0.05, 0) is 31.9 Å². The van der Waals surface area contributed by atoms with Crippen molar-refractivity contribution >= 4 is 23.3 Å². The third-order valence-corrected chi connectivity index (χ3v) is 4.63. The minimum absolute atomic E-state index is 0.298. The average Bonchev–Trinajstić information content (AvgIpc) is 2.92. The largest absolute Gasteiger partial charge is 0.466 e. The monoisotopic (exact) mass is 308 g/mol. The summed E-state index contributed by atoms with van der Waals surface area (Å²) in [5.74, 6) is -0.423. The average molecular weight is 308 g/mol. The van der Waals surface area contributed by atoms with Crippen LogP contribution in [0.25, 0.3) is 0 Å². The summed E-state index contributed by atoms with van der Waals surface area (Å²) in [6, 6.07) is 3.30. The Bertz CT molecular complexity index is 577. The predicted molar refractivity (Wildman–Crippen MR) is 82.1 cm³/mol. The standard InChI is InChI=1S/C15H20N2O3S/c1-4-5-6-10-7-8-11(21-10)13-12(14(18)20-3)9(2)16-15(19)17-13/h7-8,13H,4-6H2,1-3H3,(H2,16,17,19). The Labute approximate surface area is 128 Å². The van der Waals surface area contributed by atoms with E-state index in [0.717, 1.165) is 24.1 Å². The molecule has 0 fully saturated rings. The fourth-order valence-electron chi connectivity index (χ4n) is 2.32. The van der Waals surface area contributed by atoms with Crippen molar-refractivity contribution in [3.8, 4) is 0 Å². The van der Waals surface area contributed by atoms with E-state index in [0.29, 0.717) is 11.3 Å². The molecule has 114 valence electrons. The Hall–Kier alpha value is -1.82. The second-order valence-corrected chi connectivity index (χ2v) is 6.17. The molecule has 1 aromatic rings. The number of unbranched alkanes of at least 4 members (excludes halogenated alkanes) is 1. The Morgan fingerprint density at radius 2 is 2.19 bits per heavy atom. The fraction of sp³-hybridized carbons (Fsp3) is 0.467. The molecule has 1 unspecified atom stereocenters. The van der Waals surface area contributed by atoms with Gasteiger partial charge in [0.25, 0.3) is 0 Å². The van der Waals surface area contributed by atoms with Crippen molar-refractivity contribution in [1.82, 2.24) is 10.6 Å². The SMILES string of the molecule is CCCCc1ccc(C2NC(=O)NC(C)=C2C(=O)OC)s1. The van der Waals surface area contributed by atoms with Crippen LogP contribution >= 0.6 is 11.3 Å². The number of thiophene rings is 1. The minimum atomic E-state index is -0.438. The van der Waals surface area contributed by atoms with Crippen LogP contribution in [0.3, 0.4) is 0 Å². The molecule has 0 saturated heterocycles. The molecule has 0 aromatic carbocycles. The number of hydrogen-bond acceptors (Lipinski definition) is 4. The maximum absolute atomic E-state index is 12.0. The van der Waals surface area contributed by atoms with Crippen LogP contribution < -0.4 is 10.6 Å². The summed E-state index contributed by atoms with van der Waals surface area (Å²) in [5.41, 5.74) is 1.00. The summed E-state index contributed by atoms with van der Waals surface area (Å²) < 4.78 is 4.84. The van der Waals surface area contributed by atoms with Crippen molar-refractivity contribution in [3.63, 3.8) is 0 Å². The smallest absolute Gasteiger partial charge is 0.338 e. The number of nitrogens with one attached hydrogen (secondary N) is 2. The van der Waals surface area contributed by atoms with E-state index in [4.69, 9.17) is 4.74 Å². The Morgan fingerprint density at radius 1 is 1.43 bits per heavy atom. The minimum Gasteiger partial charge on any atom is -0.466 e. The summed E-state index contributed by atoms with van der Waals surface area (Å²) in [5, 5.41) is 5.42. The zero-order valence-corrected chi connectivity index (χ0v) is 13.3. The lowest BCUT2D eigenvalue weighted by Crippen LogP contribution is -2.45. The van der Waals surface area contributed by atoms with Crippen molar-refractivity contribution in [1.29, 1.82) is 0 Å². The van der Waals surface area contributed by atoms with Crippen LogP contribution in [-0.2, 0) is 16.0 Å². The first-order valence-electron chi connectivity index (χ1n) is 7.02. The zero-order valence-electron chi connectivity index (χ0n) is 12.5. The summed E-state index contributed by atoms with van der Waals surface area (Å²) in [6.07, 6.45) is 3.30. The van der Waals surface area contributed by atoms with Gasteiger partial charge in [-0.3, -0.25) is 0 Å². The molecule has 0 spiro atoms. The highest BCUT2D eigenvalue weighted by atomic mass is 32.1. The van der Waals surface area contributed by atoms with Gasteiger partial charge in [0.2, 0.25) is 0 Å². The molecular weight excluding hydrogens is 288 g/mol. The van der Waals surface area contributed by atoms with Gasteiger partial charge in [-0.2, -0.15) is 0 Å². The highest BCUT2D eigenvalue weighted by Gasteiger charge is 2.32. The van der Waals surface area contributed by atoms with E-state index in [1.165, 1.54) is 12.0 Å². The van der Waals surface area contributed by atoms with Crippen LogP contribution in [0, 0.1) is 0 Å². The fourth-order valence-corrected chi connectivity index (χ4v) is 3.44. The molecule has 0 aliphatic carbocycles. The molecule has 1 aliphatic rings. The Kier molecular flexibility index (Phi) is 5.01. The van der Waals surface area contributed by atoms with Crippen LogP contribution in [0.4, 0.5) is 4.79 Å². The number of allylic oxidation sites excluding steroid dienone is 1. The van der Waals surface area contributed by atoms with Crippen molar-refractivity contribution in [2.45, 2.75) is 39.2 Å². The molecule has 2 rings (SSSR count).